The number of rotatable bonds is 1. The van der Waals surface area contributed by atoms with E-state index >= 15 is 0 Å². The van der Waals surface area contributed by atoms with Crippen LogP contribution >= 0.6 is 0 Å². The normalized spacial score (nSPS) is 10.4. The van der Waals surface area contributed by atoms with Crippen LogP contribution < -0.4 is 11.5 Å². The minimum Gasteiger partial charge on any atom is -0.399 e. The quantitative estimate of drug-likeness (QED) is 0.582. The lowest BCUT2D eigenvalue weighted by molar-refractivity contribution is 1.10. The Balaban J connectivity index is 2.55. The van der Waals surface area contributed by atoms with E-state index < -0.39 is 0 Å². The average molecular weight is 189 g/mol. The summed E-state index contributed by atoms with van der Waals surface area (Å²) in [5, 5.41) is 6.51. The number of aromatic nitrogens is 3. The summed E-state index contributed by atoms with van der Waals surface area (Å²) in [5.74, 6) is 0.883. The summed E-state index contributed by atoms with van der Waals surface area (Å²) in [6, 6.07) is 5.62. The van der Waals surface area contributed by atoms with E-state index in [1.54, 1.807) is 0 Å². The minimum absolute atomic E-state index is 0.238. The molecule has 0 saturated carbocycles. The van der Waals surface area contributed by atoms with E-state index in [0.29, 0.717) is 11.5 Å². The number of anilines is 2. The summed E-state index contributed by atoms with van der Waals surface area (Å²) in [5.41, 5.74) is 13.8. The van der Waals surface area contributed by atoms with Gasteiger partial charge < -0.3 is 11.5 Å². The third kappa shape index (κ3) is 1.39. The molecule has 0 radical (unpaired) electrons. The molecular weight excluding hydrogens is 178 g/mol. The zero-order valence-electron chi connectivity index (χ0n) is 7.78. The van der Waals surface area contributed by atoms with Gasteiger partial charge in [-0.05, 0) is 24.6 Å². The van der Waals surface area contributed by atoms with Crippen LogP contribution in [-0.2, 0) is 0 Å². The maximum Gasteiger partial charge on any atom is 0.239 e. The maximum atomic E-state index is 5.68. The van der Waals surface area contributed by atoms with E-state index in [2.05, 4.69) is 15.2 Å². The number of H-pyrrole nitrogens is 1. The van der Waals surface area contributed by atoms with Gasteiger partial charge in [0.2, 0.25) is 5.95 Å². The fourth-order valence-electron chi connectivity index (χ4n) is 1.29. The van der Waals surface area contributed by atoms with Crippen molar-refractivity contribution < 1.29 is 0 Å². The first-order chi connectivity index (χ1) is 6.66. The molecule has 0 amide bonds. The van der Waals surface area contributed by atoms with Gasteiger partial charge >= 0.3 is 0 Å². The number of aromatic amines is 1. The van der Waals surface area contributed by atoms with Gasteiger partial charge in [-0.15, -0.1) is 5.10 Å². The highest BCUT2D eigenvalue weighted by Crippen LogP contribution is 2.22. The average Bonchev–Trinajstić information content (AvgIpc) is 2.56. The second-order valence-corrected chi connectivity index (χ2v) is 3.12. The first-order valence-electron chi connectivity index (χ1n) is 4.21. The van der Waals surface area contributed by atoms with Crippen molar-refractivity contribution in [3.8, 4) is 11.4 Å². The Morgan fingerprint density at radius 1 is 1.29 bits per heavy atom. The molecule has 5 heteroatoms. The summed E-state index contributed by atoms with van der Waals surface area (Å²) in [6.07, 6.45) is 0. The van der Waals surface area contributed by atoms with Gasteiger partial charge in [-0.2, -0.15) is 4.98 Å². The first-order valence-corrected chi connectivity index (χ1v) is 4.21. The van der Waals surface area contributed by atoms with E-state index in [0.717, 1.165) is 11.1 Å². The van der Waals surface area contributed by atoms with Gasteiger partial charge in [-0.25, -0.2) is 0 Å². The van der Waals surface area contributed by atoms with Crippen molar-refractivity contribution in [1.82, 2.24) is 15.2 Å². The molecule has 2 rings (SSSR count). The van der Waals surface area contributed by atoms with E-state index in [9.17, 15) is 0 Å². The Hall–Kier alpha value is -2.04. The van der Waals surface area contributed by atoms with Crippen molar-refractivity contribution in [2.45, 2.75) is 6.92 Å². The topological polar surface area (TPSA) is 93.6 Å². The number of nitrogens with one attached hydrogen (secondary N) is 1. The standard InChI is InChI=1S/C9H11N5/c1-5-2-3-6(10)4-7(5)8-12-9(11)14-13-8/h2-4H,10H2,1H3,(H3,11,12,13,14). The van der Waals surface area contributed by atoms with Crippen molar-refractivity contribution in [1.29, 1.82) is 0 Å². The van der Waals surface area contributed by atoms with Crippen molar-refractivity contribution in [3.05, 3.63) is 23.8 Å². The van der Waals surface area contributed by atoms with Crippen LogP contribution in [0.15, 0.2) is 18.2 Å². The molecule has 0 aliphatic carbocycles. The van der Waals surface area contributed by atoms with Crippen LogP contribution in [0.3, 0.4) is 0 Å². The molecule has 0 fully saturated rings. The fourth-order valence-corrected chi connectivity index (χ4v) is 1.29. The Morgan fingerprint density at radius 2 is 2.07 bits per heavy atom. The molecule has 0 aliphatic rings. The van der Waals surface area contributed by atoms with Gasteiger partial charge in [0.1, 0.15) is 0 Å². The Bertz CT molecular complexity index is 460. The number of hydrogen-bond acceptors (Lipinski definition) is 4. The van der Waals surface area contributed by atoms with Gasteiger partial charge in [0, 0.05) is 11.3 Å². The Morgan fingerprint density at radius 3 is 2.71 bits per heavy atom. The molecule has 1 aromatic heterocycles. The largest absolute Gasteiger partial charge is 0.399 e. The van der Waals surface area contributed by atoms with Crippen LogP contribution in [0.5, 0.6) is 0 Å². The Labute approximate surface area is 81.2 Å². The predicted octanol–water partition coefficient (Wildman–Crippen LogP) is 0.945. The molecule has 1 aromatic carbocycles. The summed E-state index contributed by atoms with van der Waals surface area (Å²) >= 11 is 0. The highest BCUT2D eigenvalue weighted by molar-refractivity contribution is 5.65. The van der Waals surface area contributed by atoms with Gasteiger partial charge in [0.05, 0.1) is 0 Å². The smallest absolute Gasteiger partial charge is 0.239 e. The first kappa shape index (κ1) is 8.55. The molecule has 0 atom stereocenters. The maximum absolute atomic E-state index is 5.68. The number of aryl methyl sites for hydroxylation is 1. The van der Waals surface area contributed by atoms with Crippen molar-refractivity contribution >= 4 is 11.6 Å². The summed E-state index contributed by atoms with van der Waals surface area (Å²) < 4.78 is 0. The lowest BCUT2D eigenvalue weighted by Crippen LogP contribution is -1.90. The molecule has 5 nitrogen and oxygen atoms in total. The van der Waals surface area contributed by atoms with E-state index in [-0.39, 0.29) is 5.95 Å². The second kappa shape index (κ2) is 3.02. The molecule has 1 heterocycles. The van der Waals surface area contributed by atoms with Crippen LogP contribution in [-0.4, -0.2) is 15.2 Å². The molecule has 0 saturated heterocycles. The second-order valence-electron chi connectivity index (χ2n) is 3.12. The summed E-state index contributed by atoms with van der Waals surface area (Å²) in [6.45, 7) is 1.98. The van der Waals surface area contributed by atoms with E-state index in [1.807, 2.05) is 25.1 Å². The number of nitrogens with two attached hydrogens (primary N) is 2. The summed E-state index contributed by atoms with van der Waals surface area (Å²) in [7, 11) is 0. The lowest BCUT2D eigenvalue weighted by Gasteiger charge is -2.02. The third-order valence-electron chi connectivity index (χ3n) is 2.02. The molecule has 0 spiro atoms. The zero-order valence-corrected chi connectivity index (χ0v) is 7.78. The minimum atomic E-state index is 0.238. The number of benzene rings is 1. The van der Waals surface area contributed by atoms with Gasteiger partial charge in [0.15, 0.2) is 5.82 Å². The molecule has 0 bridgehead atoms. The summed E-state index contributed by atoms with van der Waals surface area (Å²) in [4.78, 5) is 4.04. The highest BCUT2D eigenvalue weighted by atomic mass is 15.3. The SMILES string of the molecule is Cc1ccc(N)cc1-c1nc(N)n[nH]1. The number of nitrogen functional groups attached to an aromatic ring is 2. The number of hydrogen-bond donors (Lipinski definition) is 3. The molecule has 0 unspecified atom stereocenters. The lowest BCUT2D eigenvalue weighted by atomic mass is 10.1. The molecule has 14 heavy (non-hydrogen) atoms. The Kier molecular flexibility index (Phi) is 1.85. The molecule has 0 aliphatic heterocycles. The van der Waals surface area contributed by atoms with Crippen LogP contribution in [0.2, 0.25) is 0 Å². The molecule has 2 aromatic rings. The monoisotopic (exact) mass is 189 g/mol. The van der Waals surface area contributed by atoms with Crippen molar-refractivity contribution in [3.63, 3.8) is 0 Å². The van der Waals surface area contributed by atoms with Crippen LogP contribution in [0, 0.1) is 6.92 Å². The fraction of sp³-hybridized carbons (Fsp3) is 0.111. The van der Waals surface area contributed by atoms with Crippen LogP contribution in [0.1, 0.15) is 5.56 Å². The van der Waals surface area contributed by atoms with E-state index in [4.69, 9.17) is 11.5 Å². The number of nitrogens with zero attached hydrogens (tertiary/aromatic N) is 2. The highest BCUT2D eigenvalue weighted by Gasteiger charge is 2.06. The molecular formula is C9H11N5. The van der Waals surface area contributed by atoms with Gasteiger partial charge in [-0.3, -0.25) is 5.10 Å². The van der Waals surface area contributed by atoms with Gasteiger partial charge in [-0.1, -0.05) is 6.07 Å². The zero-order chi connectivity index (χ0) is 10.1. The van der Waals surface area contributed by atoms with Crippen molar-refractivity contribution in [2.75, 3.05) is 11.5 Å². The third-order valence-corrected chi connectivity index (χ3v) is 2.02. The molecule has 5 N–H and O–H groups in total. The van der Waals surface area contributed by atoms with Crippen molar-refractivity contribution in [2.24, 2.45) is 0 Å². The van der Waals surface area contributed by atoms with Gasteiger partial charge in [0.25, 0.3) is 0 Å². The van der Waals surface area contributed by atoms with Crippen LogP contribution in [0.4, 0.5) is 11.6 Å². The van der Waals surface area contributed by atoms with E-state index in [1.165, 1.54) is 0 Å². The molecule has 72 valence electrons. The predicted molar refractivity (Wildman–Crippen MR) is 55.4 cm³/mol. The van der Waals surface area contributed by atoms with Crippen LogP contribution in [0.25, 0.3) is 11.4 Å².